The van der Waals surface area contributed by atoms with Crippen molar-refractivity contribution in [3.63, 3.8) is 0 Å². The summed E-state index contributed by atoms with van der Waals surface area (Å²) in [5.74, 6) is 0.700. The van der Waals surface area contributed by atoms with E-state index in [4.69, 9.17) is 5.73 Å². The van der Waals surface area contributed by atoms with Crippen LogP contribution < -0.4 is 5.73 Å². The molecular formula is C10H17N3. The number of aromatic nitrogens is 2. The van der Waals surface area contributed by atoms with Gasteiger partial charge < -0.3 is 5.73 Å². The lowest BCUT2D eigenvalue weighted by Crippen LogP contribution is -2.03. The highest BCUT2D eigenvalue weighted by atomic mass is 15.3. The molecule has 1 aromatic heterocycles. The van der Waals surface area contributed by atoms with E-state index in [0.29, 0.717) is 12.5 Å². The van der Waals surface area contributed by atoms with Crippen LogP contribution in [0, 0.1) is 0 Å². The molecule has 2 rings (SSSR count). The molecule has 0 aromatic carbocycles. The first-order chi connectivity index (χ1) is 6.31. The van der Waals surface area contributed by atoms with Gasteiger partial charge in [-0.2, -0.15) is 5.10 Å². The summed E-state index contributed by atoms with van der Waals surface area (Å²) < 4.78 is 1.91. The second-order valence-corrected chi connectivity index (χ2v) is 3.87. The summed E-state index contributed by atoms with van der Waals surface area (Å²) in [7, 11) is 1.97. The van der Waals surface area contributed by atoms with Crippen molar-refractivity contribution in [2.45, 2.75) is 38.1 Å². The second kappa shape index (κ2) is 3.50. The van der Waals surface area contributed by atoms with Gasteiger partial charge in [0.2, 0.25) is 0 Å². The van der Waals surface area contributed by atoms with E-state index in [-0.39, 0.29) is 0 Å². The quantitative estimate of drug-likeness (QED) is 0.748. The molecule has 0 saturated heterocycles. The van der Waals surface area contributed by atoms with E-state index in [1.54, 1.807) is 0 Å². The fourth-order valence-corrected chi connectivity index (χ4v) is 2.14. The van der Waals surface area contributed by atoms with Gasteiger partial charge in [0.15, 0.2) is 0 Å². The summed E-state index contributed by atoms with van der Waals surface area (Å²) in [5, 5.41) is 4.50. The third-order valence-electron chi connectivity index (χ3n) is 2.98. The van der Waals surface area contributed by atoms with Gasteiger partial charge in [0.05, 0.1) is 11.4 Å². The normalized spacial score (nSPS) is 18.3. The first-order valence-electron chi connectivity index (χ1n) is 5.04. The smallest absolute Gasteiger partial charge is 0.0658 e. The van der Waals surface area contributed by atoms with Crippen LogP contribution in [-0.4, -0.2) is 9.78 Å². The molecule has 0 bridgehead atoms. The molecule has 1 aliphatic carbocycles. The summed E-state index contributed by atoms with van der Waals surface area (Å²) >= 11 is 0. The minimum atomic E-state index is 0.593. The predicted octanol–water partition coefficient (Wildman–Crippen LogP) is 1.54. The Morgan fingerprint density at radius 2 is 2.23 bits per heavy atom. The largest absolute Gasteiger partial charge is 0.325 e. The zero-order valence-electron chi connectivity index (χ0n) is 8.16. The van der Waals surface area contributed by atoms with E-state index in [0.717, 1.165) is 5.69 Å². The average Bonchev–Trinajstić information content (AvgIpc) is 2.71. The van der Waals surface area contributed by atoms with Crippen molar-refractivity contribution in [3.05, 3.63) is 17.5 Å². The van der Waals surface area contributed by atoms with Gasteiger partial charge >= 0.3 is 0 Å². The first-order valence-corrected chi connectivity index (χ1v) is 5.04. The second-order valence-electron chi connectivity index (χ2n) is 3.87. The Morgan fingerprint density at radius 1 is 1.54 bits per heavy atom. The van der Waals surface area contributed by atoms with Crippen LogP contribution in [0.4, 0.5) is 0 Å². The monoisotopic (exact) mass is 179 g/mol. The van der Waals surface area contributed by atoms with E-state index in [9.17, 15) is 0 Å². The predicted molar refractivity (Wildman–Crippen MR) is 52.3 cm³/mol. The minimum Gasteiger partial charge on any atom is -0.325 e. The maximum atomic E-state index is 5.60. The minimum absolute atomic E-state index is 0.593. The van der Waals surface area contributed by atoms with E-state index in [1.165, 1.54) is 31.4 Å². The highest BCUT2D eigenvalue weighted by Crippen LogP contribution is 2.33. The van der Waals surface area contributed by atoms with Crippen LogP contribution in [0.15, 0.2) is 6.07 Å². The van der Waals surface area contributed by atoms with Gasteiger partial charge in [0, 0.05) is 19.5 Å². The summed E-state index contributed by atoms with van der Waals surface area (Å²) in [5.41, 5.74) is 7.99. The lowest BCUT2D eigenvalue weighted by molar-refractivity contribution is 0.646. The molecule has 3 nitrogen and oxygen atoms in total. The molecule has 1 heterocycles. The van der Waals surface area contributed by atoms with Gasteiger partial charge in [-0.1, -0.05) is 12.8 Å². The zero-order chi connectivity index (χ0) is 9.26. The molecule has 1 aliphatic rings. The average molecular weight is 179 g/mol. The molecule has 0 radical (unpaired) electrons. The Kier molecular flexibility index (Phi) is 2.36. The Morgan fingerprint density at radius 3 is 2.77 bits per heavy atom. The maximum Gasteiger partial charge on any atom is 0.0658 e. The SMILES string of the molecule is Cn1nc(C2CCCC2)cc1CN. The van der Waals surface area contributed by atoms with Crippen molar-refractivity contribution in [1.82, 2.24) is 9.78 Å². The number of nitrogens with two attached hydrogens (primary N) is 1. The van der Waals surface area contributed by atoms with Gasteiger partial charge in [-0.05, 0) is 18.9 Å². The van der Waals surface area contributed by atoms with Crippen LogP contribution in [0.5, 0.6) is 0 Å². The number of aryl methyl sites for hydroxylation is 1. The van der Waals surface area contributed by atoms with Crippen molar-refractivity contribution in [3.8, 4) is 0 Å². The lowest BCUT2D eigenvalue weighted by atomic mass is 10.0. The number of hydrogen-bond acceptors (Lipinski definition) is 2. The van der Waals surface area contributed by atoms with Crippen molar-refractivity contribution in [1.29, 1.82) is 0 Å². The maximum absolute atomic E-state index is 5.60. The van der Waals surface area contributed by atoms with E-state index < -0.39 is 0 Å². The molecule has 1 saturated carbocycles. The number of nitrogens with zero attached hydrogens (tertiary/aromatic N) is 2. The topological polar surface area (TPSA) is 43.8 Å². The van der Waals surface area contributed by atoms with Crippen LogP contribution in [-0.2, 0) is 13.6 Å². The molecule has 13 heavy (non-hydrogen) atoms. The molecule has 2 N–H and O–H groups in total. The molecule has 0 amide bonds. The van der Waals surface area contributed by atoms with Crippen LogP contribution in [0.25, 0.3) is 0 Å². The Labute approximate surface area is 78.9 Å². The number of rotatable bonds is 2. The molecule has 0 spiro atoms. The van der Waals surface area contributed by atoms with Gasteiger partial charge in [0.1, 0.15) is 0 Å². The molecule has 0 atom stereocenters. The van der Waals surface area contributed by atoms with Gasteiger partial charge in [-0.3, -0.25) is 4.68 Å². The zero-order valence-corrected chi connectivity index (χ0v) is 8.16. The van der Waals surface area contributed by atoms with Crippen molar-refractivity contribution < 1.29 is 0 Å². The van der Waals surface area contributed by atoms with Crippen LogP contribution in [0.2, 0.25) is 0 Å². The fraction of sp³-hybridized carbons (Fsp3) is 0.700. The molecule has 72 valence electrons. The first kappa shape index (κ1) is 8.75. The number of hydrogen-bond donors (Lipinski definition) is 1. The van der Waals surface area contributed by atoms with Crippen LogP contribution >= 0.6 is 0 Å². The molecular weight excluding hydrogens is 162 g/mol. The van der Waals surface area contributed by atoms with Gasteiger partial charge in [-0.15, -0.1) is 0 Å². The van der Waals surface area contributed by atoms with Gasteiger partial charge in [0.25, 0.3) is 0 Å². The Hall–Kier alpha value is -0.830. The van der Waals surface area contributed by atoms with Crippen molar-refractivity contribution >= 4 is 0 Å². The Balaban J connectivity index is 2.20. The summed E-state index contributed by atoms with van der Waals surface area (Å²) in [6.45, 7) is 0.593. The highest BCUT2D eigenvalue weighted by Gasteiger charge is 2.20. The summed E-state index contributed by atoms with van der Waals surface area (Å²) in [4.78, 5) is 0. The Bertz CT molecular complexity index is 284. The van der Waals surface area contributed by atoms with E-state index in [2.05, 4.69) is 11.2 Å². The van der Waals surface area contributed by atoms with Crippen molar-refractivity contribution in [2.75, 3.05) is 0 Å². The highest BCUT2D eigenvalue weighted by molar-refractivity contribution is 5.15. The van der Waals surface area contributed by atoms with Crippen LogP contribution in [0.3, 0.4) is 0 Å². The standard InChI is InChI=1S/C10H17N3/c1-13-9(7-11)6-10(12-13)8-4-2-3-5-8/h6,8H,2-5,7,11H2,1H3. The fourth-order valence-electron chi connectivity index (χ4n) is 2.14. The van der Waals surface area contributed by atoms with Crippen LogP contribution in [0.1, 0.15) is 43.0 Å². The molecule has 0 unspecified atom stereocenters. The van der Waals surface area contributed by atoms with Gasteiger partial charge in [-0.25, -0.2) is 0 Å². The summed E-state index contributed by atoms with van der Waals surface area (Å²) in [6.07, 6.45) is 5.33. The molecule has 1 aromatic rings. The van der Waals surface area contributed by atoms with E-state index in [1.807, 2.05) is 11.7 Å². The molecule has 3 heteroatoms. The summed E-state index contributed by atoms with van der Waals surface area (Å²) in [6, 6.07) is 2.16. The molecule has 0 aliphatic heterocycles. The third-order valence-corrected chi connectivity index (χ3v) is 2.98. The third kappa shape index (κ3) is 1.61. The lowest BCUT2D eigenvalue weighted by Gasteiger charge is -2.02. The van der Waals surface area contributed by atoms with Crippen molar-refractivity contribution in [2.24, 2.45) is 12.8 Å². The van der Waals surface area contributed by atoms with E-state index >= 15 is 0 Å². The molecule has 1 fully saturated rings.